The fourth-order valence-electron chi connectivity index (χ4n) is 1.07. The summed E-state index contributed by atoms with van der Waals surface area (Å²) < 4.78 is 0. The van der Waals surface area contributed by atoms with E-state index in [1.807, 2.05) is 12.1 Å². The van der Waals surface area contributed by atoms with Gasteiger partial charge in [0, 0.05) is 6.72 Å². The van der Waals surface area contributed by atoms with Crippen molar-refractivity contribution in [1.29, 1.82) is 0 Å². The molecule has 1 aromatic rings. The second-order valence-corrected chi connectivity index (χ2v) is 3.21. The molecule has 0 fully saturated rings. The molecule has 2 nitrogen and oxygen atoms in total. The highest BCUT2D eigenvalue weighted by Gasteiger charge is 1.96. The summed E-state index contributed by atoms with van der Waals surface area (Å²) in [5.41, 5.74) is 2.39. The van der Waals surface area contributed by atoms with Gasteiger partial charge in [-0.15, -0.1) is 0 Å². The van der Waals surface area contributed by atoms with Crippen LogP contribution in [0.5, 0.6) is 0 Å². The average Bonchev–Trinajstić information content (AvgIpc) is 2.15. The van der Waals surface area contributed by atoms with Crippen LogP contribution in [0.2, 0.25) is 0 Å². The monoisotopic (exact) mass is 174 g/mol. The SMILES string of the molecule is C=N/N=C/c1ccc(C(C)C)cc1. The fourth-order valence-corrected chi connectivity index (χ4v) is 1.07. The van der Waals surface area contributed by atoms with E-state index in [-0.39, 0.29) is 0 Å². The van der Waals surface area contributed by atoms with Crippen molar-refractivity contribution in [1.82, 2.24) is 0 Å². The van der Waals surface area contributed by atoms with Crippen molar-refractivity contribution in [2.45, 2.75) is 19.8 Å². The lowest BCUT2D eigenvalue weighted by Gasteiger charge is -2.03. The molecule has 0 saturated carbocycles. The molecule has 0 aliphatic carbocycles. The molecule has 68 valence electrons. The zero-order chi connectivity index (χ0) is 9.68. The lowest BCUT2D eigenvalue weighted by molar-refractivity contribution is 0.866. The van der Waals surface area contributed by atoms with Crippen LogP contribution in [0, 0.1) is 0 Å². The molecule has 0 unspecified atom stereocenters. The first-order valence-electron chi connectivity index (χ1n) is 4.33. The van der Waals surface area contributed by atoms with Crippen LogP contribution in [-0.2, 0) is 0 Å². The van der Waals surface area contributed by atoms with Gasteiger partial charge in [-0.05, 0) is 17.0 Å². The number of benzene rings is 1. The number of nitrogens with zero attached hydrogens (tertiary/aromatic N) is 2. The fraction of sp³-hybridized carbons (Fsp3) is 0.273. The third-order valence-corrected chi connectivity index (χ3v) is 1.89. The van der Waals surface area contributed by atoms with Gasteiger partial charge < -0.3 is 0 Å². The number of hydrogen-bond donors (Lipinski definition) is 0. The minimum Gasteiger partial charge on any atom is -0.167 e. The molecule has 0 saturated heterocycles. The topological polar surface area (TPSA) is 24.7 Å². The molecule has 0 bridgehead atoms. The number of hydrogen-bond acceptors (Lipinski definition) is 2. The molecule has 1 aromatic carbocycles. The van der Waals surface area contributed by atoms with Gasteiger partial charge in [-0.3, -0.25) is 0 Å². The van der Waals surface area contributed by atoms with Crippen LogP contribution in [0.4, 0.5) is 0 Å². The van der Waals surface area contributed by atoms with Crippen molar-refractivity contribution in [3.8, 4) is 0 Å². The highest BCUT2D eigenvalue weighted by molar-refractivity contribution is 5.79. The van der Waals surface area contributed by atoms with E-state index >= 15 is 0 Å². The van der Waals surface area contributed by atoms with E-state index in [0.29, 0.717) is 5.92 Å². The van der Waals surface area contributed by atoms with E-state index in [2.05, 4.69) is 42.9 Å². The van der Waals surface area contributed by atoms with Gasteiger partial charge in [0.25, 0.3) is 0 Å². The molecule has 0 amide bonds. The van der Waals surface area contributed by atoms with Gasteiger partial charge in [-0.1, -0.05) is 38.1 Å². The van der Waals surface area contributed by atoms with E-state index in [9.17, 15) is 0 Å². The highest BCUT2D eigenvalue weighted by atomic mass is 15.2. The smallest absolute Gasteiger partial charge is 0.0567 e. The second-order valence-electron chi connectivity index (χ2n) is 3.21. The van der Waals surface area contributed by atoms with Gasteiger partial charge >= 0.3 is 0 Å². The third kappa shape index (κ3) is 2.82. The van der Waals surface area contributed by atoms with Crippen LogP contribution >= 0.6 is 0 Å². The normalized spacial score (nSPS) is 11.0. The summed E-state index contributed by atoms with van der Waals surface area (Å²) in [5.74, 6) is 0.573. The molecule has 2 heteroatoms. The Morgan fingerprint density at radius 1 is 1.23 bits per heavy atom. The summed E-state index contributed by atoms with van der Waals surface area (Å²) in [6.07, 6.45) is 1.69. The largest absolute Gasteiger partial charge is 0.167 e. The molecule has 1 rings (SSSR count). The Bertz CT molecular complexity index is 296. The van der Waals surface area contributed by atoms with Gasteiger partial charge in [0.05, 0.1) is 6.21 Å². The van der Waals surface area contributed by atoms with E-state index in [1.54, 1.807) is 6.21 Å². The molecule has 0 N–H and O–H groups in total. The maximum Gasteiger partial charge on any atom is 0.0567 e. The van der Waals surface area contributed by atoms with Crippen LogP contribution in [0.15, 0.2) is 34.5 Å². The first-order valence-corrected chi connectivity index (χ1v) is 4.33. The van der Waals surface area contributed by atoms with Crippen molar-refractivity contribution < 1.29 is 0 Å². The quantitative estimate of drug-likeness (QED) is 0.497. The Hall–Kier alpha value is -1.44. The molecule has 0 heterocycles. The molecular weight excluding hydrogens is 160 g/mol. The van der Waals surface area contributed by atoms with Gasteiger partial charge in [0.2, 0.25) is 0 Å². The first-order chi connectivity index (χ1) is 6.24. The summed E-state index contributed by atoms with van der Waals surface area (Å²) in [6, 6.07) is 8.28. The zero-order valence-corrected chi connectivity index (χ0v) is 8.07. The van der Waals surface area contributed by atoms with Crippen molar-refractivity contribution in [3.63, 3.8) is 0 Å². The van der Waals surface area contributed by atoms with Crippen LogP contribution < -0.4 is 0 Å². The van der Waals surface area contributed by atoms with E-state index in [4.69, 9.17) is 0 Å². The Morgan fingerprint density at radius 2 is 1.85 bits per heavy atom. The van der Waals surface area contributed by atoms with E-state index in [0.717, 1.165) is 5.56 Å². The minimum atomic E-state index is 0.573. The molecule has 0 spiro atoms. The van der Waals surface area contributed by atoms with Gasteiger partial charge in [0.1, 0.15) is 0 Å². The van der Waals surface area contributed by atoms with Crippen molar-refractivity contribution in [3.05, 3.63) is 35.4 Å². The summed E-state index contributed by atoms with van der Waals surface area (Å²) in [6.45, 7) is 7.62. The predicted octanol–water partition coefficient (Wildman–Crippen LogP) is 2.84. The van der Waals surface area contributed by atoms with Crippen molar-refractivity contribution in [2.24, 2.45) is 10.2 Å². The van der Waals surface area contributed by atoms with Crippen LogP contribution in [0.25, 0.3) is 0 Å². The Labute approximate surface area is 79.0 Å². The minimum absolute atomic E-state index is 0.573. The third-order valence-electron chi connectivity index (χ3n) is 1.89. The summed E-state index contributed by atoms with van der Waals surface area (Å²) >= 11 is 0. The van der Waals surface area contributed by atoms with E-state index < -0.39 is 0 Å². The molecule has 13 heavy (non-hydrogen) atoms. The zero-order valence-electron chi connectivity index (χ0n) is 8.07. The first kappa shape index (κ1) is 9.65. The average molecular weight is 174 g/mol. The van der Waals surface area contributed by atoms with E-state index in [1.165, 1.54) is 5.56 Å². The summed E-state index contributed by atoms with van der Waals surface area (Å²) in [4.78, 5) is 0. The van der Waals surface area contributed by atoms with Crippen LogP contribution in [0.1, 0.15) is 30.9 Å². The molecule has 0 aliphatic rings. The van der Waals surface area contributed by atoms with Gasteiger partial charge in [-0.2, -0.15) is 10.2 Å². The molecule has 0 radical (unpaired) electrons. The molecule has 0 aliphatic heterocycles. The highest BCUT2D eigenvalue weighted by Crippen LogP contribution is 2.13. The standard InChI is InChI=1S/C11H14N2/c1-9(2)11-6-4-10(5-7-11)8-13-12-3/h4-9H,3H2,1-2H3/b13-8+. The van der Waals surface area contributed by atoms with Gasteiger partial charge in [0.15, 0.2) is 0 Å². The predicted molar refractivity (Wildman–Crippen MR) is 57.7 cm³/mol. The summed E-state index contributed by atoms with van der Waals surface area (Å²) in [5, 5.41) is 7.11. The van der Waals surface area contributed by atoms with Crippen molar-refractivity contribution in [2.75, 3.05) is 0 Å². The maximum atomic E-state index is 3.71. The Balaban J connectivity index is 2.81. The molecule has 0 atom stereocenters. The number of rotatable bonds is 3. The van der Waals surface area contributed by atoms with Crippen LogP contribution in [0.3, 0.4) is 0 Å². The second kappa shape index (κ2) is 4.55. The van der Waals surface area contributed by atoms with Crippen LogP contribution in [-0.4, -0.2) is 12.9 Å². The maximum absolute atomic E-state index is 3.71. The lowest BCUT2D eigenvalue weighted by atomic mass is 10.0. The van der Waals surface area contributed by atoms with Gasteiger partial charge in [-0.25, -0.2) is 0 Å². The summed E-state index contributed by atoms with van der Waals surface area (Å²) in [7, 11) is 0. The van der Waals surface area contributed by atoms with Crippen molar-refractivity contribution >= 4 is 12.9 Å². The molecular formula is C11H14N2. The lowest BCUT2D eigenvalue weighted by Crippen LogP contribution is -1.87. The molecule has 0 aromatic heterocycles. The Kier molecular flexibility index (Phi) is 3.38. The Morgan fingerprint density at radius 3 is 2.31 bits per heavy atom.